The van der Waals surface area contributed by atoms with Crippen LogP contribution in [0.4, 0.5) is 0 Å². The molecule has 2 N–H and O–H groups in total. The molecule has 5 rings (SSSR count). The van der Waals surface area contributed by atoms with Gasteiger partial charge in [0.25, 0.3) is 5.56 Å². The van der Waals surface area contributed by atoms with Gasteiger partial charge in [0.2, 0.25) is 5.91 Å². The Hall–Kier alpha value is -2.77. The number of hydrogen-bond donors (Lipinski definition) is 2. The molecular formula is C25H30N4O3. The highest BCUT2D eigenvalue weighted by molar-refractivity contribution is 5.80. The van der Waals surface area contributed by atoms with E-state index < -0.39 is 5.92 Å². The van der Waals surface area contributed by atoms with Crippen LogP contribution in [0, 0.1) is 11.8 Å². The minimum atomic E-state index is -0.411. The minimum absolute atomic E-state index is 0.0277. The van der Waals surface area contributed by atoms with E-state index in [2.05, 4.69) is 21.3 Å². The van der Waals surface area contributed by atoms with Crippen molar-refractivity contribution in [3.63, 3.8) is 0 Å². The van der Waals surface area contributed by atoms with Gasteiger partial charge in [-0.25, -0.2) is 0 Å². The maximum absolute atomic E-state index is 13.5. The van der Waals surface area contributed by atoms with Gasteiger partial charge in [0, 0.05) is 61.9 Å². The van der Waals surface area contributed by atoms with Gasteiger partial charge in [-0.2, -0.15) is 0 Å². The first-order valence-electron chi connectivity index (χ1n) is 11.6. The number of fused-ring (bicyclic) bond motifs is 4. The van der Waals surface area contributed by atoms with Gasteiger partial charge < -0.3 is 15.0 Å². The molecule has 2 aromatic rings. The monoisotopic (exact) mass is 434 g/mol. The fraction of sp³-hybridized carbons (Fsp3) is 0.480. The van der Waals surface area contributed by atoms with Crippen LogP contribution in [0.5, 0.6) is 0 Å². The van der Waals surface area contributed by atoms with Crippen molar-refractivity contribution in [1.29, 1.82) is 0 Å². The van der Waals surface area contributed by atoms with Crippen LogP contribution >= 0.6 is 0 Å². The SMILES string of the molecule is CCNC(=O)[C@H]1[C@H](CO)[C@H]2Cn3c(ccc(C4=CCCC4)c3=O)[C@@H]1N2Cc1cccnc1. The number of nitrogens with one attached hydrogen (secondary N) is 1. The molecule has 0 radical (unpaired) electrons. The number of nitrogens with zero attached hydrogens (tertiary/aromatic N) is 3. The van der Waals surface area contributed by atoms with E-state index in [0.29, 0.717) is 19.6 Å². The summed E-state index contributed by atoms with van der Waals surface area (Å²) in [7, 11) is 0. The predicted molar refractivity (Wildman–Crippen MR) is 122 cm³/mol. The number of aromatic nitrogens is 2. The molecule has 7 nitrogen and oxygen atoms in total. The Kier molecular flexibility index (Phi) is 5.69. The van der Waals surface area contributed by atoms with Crippen LogP contribution in [0.3, 0.4) is 0 Å². The lowest BCUT2D eigenvalue weighted by atomic mass is 9.86. The van der Waals surface area contributed by atoms with Crippen molar-refractivity contribution in [1.82, 2.24) is 19.8 Å². The van der Waals surface area contributed by atoms with Crippen LogP contribution < -0.4 is 10.9 Å². The van der Waals surface area contributed by atoms with Crippen LogP contribution in [0.15, 0.2) is 47.5 Å². The van der Waals surface area contributed by atoms with E-state index >= 15 is 0 Å². The summed E-state index contributed by atoms with van der Waals surface area (Å²) in [6.07, 6.45) is 8.81. The largest absolute Gasteiger partial charge is 0.396 e. The van der Waals surface area contributed by atoms with E-state index in [0.717, 1.165) is 41.7 Å². The molecule has 1 amide bonds. The number of allylic oxidation sites excluding steroid dienone is 2. The third kappa shape index (κ3) is 3.40. The maximum Gasteiger partial charge on any atom is 0.258 e. The van der Waals surface area contributed by atoms with Crippen LogP contribution in [0.25, 0.3) is 5.57 Å². The summed E-state index contributed by atoms with van der Waals surface area (Å²) in [6.45, 7) is 3.45. The molecular weight excluding hydrogens is 404 g/mol. The second kappa shape index (κ2) is 8.64. The zero-order valence-electron chi connectivity index (χ0n) is 18.4. The Labute approximate surface area is 187 Å². The van der Waals surface area contributed by atoms with E-state index in [1.807, 2.05) is 42.0 Å². The molecule has 3 aliphatic rings. The number of amides is 1. The minimum Gasteiger partial charge on any atom is -0.396 e. The van der Waals surface area contributed by atoms with E-state index in [9.17, 15) is 14.7 Å². The highest BCUT2D eigenvalue weighted by atomic mass is 16.3. The van der Waals surface area contributed by atoms with Gasteiger partial charge >= 0.3 is 0 Å². The maximum atomic E-state index is 13.5. The average Bonchev–Trinajstić information content (AvgIpc) is 3.39. The molecule has 0 aromatic carbocycles. The molecule has 32 heavy (non-hydrogen) atoms. The van der Waals surface area contributed by atoms with Gasteiger partial charge in [0.15, 0.2) is 0 Å². The standard InChI is InChI=1S/C25H30N4O3/c1-2-27-24(31)22-19(15-30)21-14-29-20(10-9-18(25(29)32)17-7-3-4-8-17)23(22)28(21)13-16-6-5-11-26-12-16/h5-7,9-12,19,21-23,30H,2-4,8,13-15H2,1H3,(H,27,31)/t19-,21-,22+,23+/m1/s1. The Morgan fingerprint density at radius 2 is 2.19 bits per heavy atom. The van der Waals surface area contributed by atoms with Crippen molar-refractivity contribution in [2.45, 2.75) is 51.4 Å². The number of aliphatic hydroxyl groups excluding tert-OH is 1. The van der Waals surface area contributed by atoms with Crippen LogP contribution in [0.2, 0.25) is 0 Å². The lowest BCUT2D eigenvalue weighted by Crippen LogP contribution is -2.46. The summed E-state index contributed by atoms with van der Waals surface area (Å²) in [5.74, 6) is -0.707. The molecule has 1 aliphatic carbocycles. The van der Waals surface area contributed by atoms with Gasteiger partial charge in [0.05, 0.1) is 12.0 Å². The van der Waals surface area contributed by atoms with E-state index in [1.54, 1.807) is 6.20 Å². The normalized spacial score (nSPS) is 26.6. The summed E-state index contributed by atoms with van der Waals surface area (Å²) in [6, 6.07) is 7.53. The van der Waals surface area contributed by atoms with Crippen molar-refractivity contribution in [3.8, 4) is 0 Å². The fourth-order valence-corrected chi connectivity index (χ4v) is 5.90. The topological polar surface area (TPSA) is 87.5 Å². The van der Waals surface area contributed by atoms with Crippen LogP contribution in [-0.4, -0.2) is 44.7 Å². The lowest BCUT2D eigenvalue weighted by Gasteiger charge is -2.38. The third-order valence-corrected chi connectivity index (χ3v) is 7.30. The van der Waals surface area contributed by atoms with Crippen LogP contribution in [-0.2, 0) is 17.9 Å². The van der Waals surface area contributed by atoms with Gasteiger partial charge in [-0.1, -0.05) is 12.1 Å². The Bertz CT molecular complexity index is 1090. The molecule has 2 aliphatic heterocycles. The van der Waals surface area contributed by atoms with E-state index in [-0.39, 0.29) is 36.1 Å². The Morgan fingerprint density at radius 3 is 2.88 bits per heavy atom. The molecule has 2 bridgehead atoms. The number of hydrogen-bond acceptors (Lipinski definition) is 5. The Morgan fingerprint density at radius 1 is 1.31 bits per heavy atom. The second-order valence-electron chi connectivity index (χ2n) is 9.02. The number of carbonyl (C=O) groups excluding carboxylic acids is 1. The molecule has 168 valence electrons. The predicted octanol–water partition coefficient (Wildman–Crippen LogP) is 2.11. The lowest BCUT2D eigenvalue weighted by molar-refractivity contribution is -0.127. The molecule has 7 heteroatoms. The van der Waals surface area contributed by atoms with Crippen molar-refractivity contribution in [2.24, 2.45) is 11.8 Å². The van der Waals surface area contributed by atoms with Crippen molar-refractivity contribution >= 4 is 11.5 Å². The summed E-state index contributed by atoms with van der Waals surface area (Å²) in [5, 5.41) is 13.3. The smallest absolute Gasteiger partial charge is 0.258 e. The molecule has 2 aromatic heterocycles. The molecule has 1 saturated heterocycles. The van der Waals surface area contributed by atoms with Gasteiger partial charge in [-0.3, -0.25) is 19.5 Å². The summed E-state index contributed by atoms with van der Waals surface area (Å²) < 4.78 is 1.87. The first-order chi connectivity index (χ1) is 15.6. The molecule has 0 saturated carbocycles. The highest BCUT2D eigenvalue weighted by Gasteiger charge is 2.55. The van der Waals surface area contributed by atoms with Crippen LogP contribution in [0.1, 0.15) is 49.0 Å². The number of rotatable bonds is 6. The van der Waals surface area contributed by atoms with Gasteiger partial charge in [-0.05, 0) is 55.5 Å². The molecule has 4 heterocycles. The van der Waals surface area contributed by atoms with E-state index in [4.69, 9.17) is 0 Å². The number of carbonyl (C=O) groups is 1. The van der Waals surface area contributed by atoms with E-state index in [1.165, 1.54) is 0 Å². The molecule has 1 fully saturated rings. The average molecular weight is 435 g/mol. The summed E-state index contributed by atoms with van der Waals surface area (Å²) in [5.41, 5.74) is 3.86. The summed E-state index contributed by atoms with van der Waals surface area (Å²) in [4.78, 5) is 33.2. The second-order valence-corrected chi connectivity index (χ2v) is 9.02. The first-order valence-corrected chi connectivity index (χ1v) is 11.6. The number of aliphatic hydroxyl groups is 1. The van der Waals surface area contributed by atoms with Crippen molar-refractivity contribution in [2.75, 3.05) is 13.2 Å². The molecule has 0 unspecified atom stereocenters. The van der Waals surface area contributed by atoms with Gasteiger partial charge in [0.1, 0.15) is 0 Å². The Balaban J connectivity index is 1.61. The number of pyridine rings is 2. The molecule has 4 atom stereocenters. The summed E-state index contributed by atoms with van der Waals surface area (Å²) >= 11 is 0. The van der Waals surface area contributed by atoms with Gasteiger partial charge in [-0.15, -0.1) is 0 Å². The zero-order chi connectivity index (χ0) is 22.2. The van der Waals surface area contributed by atoms with Crippen molar-refractivity contribution in [3.05, 3.63) is 69.9 Å². The first kappa shape index (κ1) is 21.1. The fourth-order valence-electron chi connectivity index (χ4n) is 5.90. The quantitative estimate of drug-likeness (QED) is 0.727. The highest BCUT2D eigenvalue weighted by Crippen LogP contribution is 2.49. The third-order valence-electron chi connectivity index (χ3n) is 7.30. The van der Waals surface area contributed by atoms with Crippen molar-refractivity contribution < 1.29 is 9.90 Å². The molecule has 0 spiro atoms. The zero-order valence-corrected chi connectivity index (χ0v) is 18.4.